The Morgan fingerprint density at radius 3 is 2.77 bits per heavy atom. The fourth-order valence-corrected chi connectivity index (χ4v) is 4.53. The summed E-state index contributed by atoms with van der Waals surface area (Å²) in [5.41, 5.74) is 1.45. The van der Waals surface area contributed by atoms with Gasteiger partial charge in [-0.05, 0) is 44.0 Å². The Bertz CT molecular complexity index is 720. The molecule has 7 heteroatoms. The van der Waals surface area contributed by atoms with Gasteiger partial charge >= 0.3 is 0 Å². The van der Waals surface area contributed by atoms with E-state index in [1.54, 1.807) is 17.0 Å². The Balaban J connectivity index is 1.75. The second-order valence-electron chi connectivity index (χ2n) is 4.98. The van der Waals surface area contributed by atoms with Gasteiger partial charge in [0.2, 0.25) is 5.91 Å². The van der Waals surface area contributed by atoms with Crippen LogP contribution in [0.2, 0.25) is 0 Å². The number of nitrogens with zero attached hydrogens (tertiary/aromatic N) is 4. The number of aryl methyl sites for hydroxylation is 1. The molecular weight excluding hydrogens is 316 g/mol. The lowest BCUT2D eigenvalue weighted by molar-refractivity contribution is -0.119. The smallest absolute Gasteiger partial charge is 0.240 e. The minimum atomic E-state index is -0.114. The van der Waals surface area contributed by atoms with Gasteiger partial charge in [-0.25, -0.2) is 0 Å². The van der Waals surface area contributed by atoms with Gasteiger partial charge in [0.15, 0.2) is 4.34 Å². The average Bonchev–Trinajstić information content (AvgIpc) is 2.95. The maximum absolute atomic E-state index is 12.7. The molecule has 1 aliphatic rings. The van der Waals surface area contributed by atoms with Crippen LogP contribution in [-0.2, 0) is 4.79 Å². The highest BCUT2D eigenvalue weighted by atomic mass is 32.2. The van der Waals surface area contributed by atoms with E-state index in [9.17, 15) is 4.79 Å². The maximum atomic E-state index is 12.7. The number of thioether (sulfide) groups is 1. The van der Waals surface area contributed by atoms with Crippen molar-refractivity contribution >= 4 is 34.7 Å². The van der Waals surface area contributed by atoms with Crippen molar-refractivity contribution in [1.82, 2.24) is 10.2 Å². The molecule has 112 valence electrons. The standard InChI is InChI=1S/C15H14N4OS2/c1-10-17-18-15(21-10)22-13-3-2-8-19(14(13)20)12-6-4-11(9-16)5-7-12/h4-7,13H,2-3,8H2,1H3/t13-/m1/s1. The lowest BCUT2D eigenvalue weighted by Crippen LogP contribution is -2.42. The van der Waals surface area contributed by atoms with Gasteiger partial charge in [0, 0.05) is 12.2 Å². The normalized spacial score (nSPS) is 18.3. The molecule has 0 spiro atoms. The number of rotatable bonds is 3. The van der Waals surface area contributed by atoms with Crippen molar-refractivity contribution in [3.8, 4) is 6.07 Å². The Labute approximate surface area is 137 Å². The molecule has 0 N–H and O–H groups in total. The first-order valence-electron chi connectivity index (χ1n) is 6.95. The summed E-state index contributed by atoms with van der Waals surface area (Å²) >= 11 is 3.02. The Kier molecular flexibility index (Phi) is 4.41. The average molecular weight is 330 g/mol. The van der Waals surface area contributed by atoms with Crippen LogP contribution in [0.5, 0.6) is 0 Å². The molecule has 22 heavy (non-hydrogen) atoms. The van der Waals surface area contributed by atoms with Crippen LogP contribution >= 0.6 is 23.1 Å². The summed E-state index contributed by atoms with van der Waals surface area (Å²) in [5, 5.41) is 17.7. The maximum Gasteiger partial charge on any atom is 0.240 e. The molecule has 0 saturated carbocycles. The van der Waals surface area contributed by atoms with E-state index in [-0.39, 0.29) is 11.2 Å². The number of hydrogen-bond acceptors (Lipinski definition) is 6. The molecule has 1 aromatic heterocycles. The molecule has 1 aromatic carbocycles. The number of aromatic nitrogens is 2. The summed E-state index contributed by atoms with van der Waals surface area (Å²) < 4.78 is 0.845. The Morgan fingerprint density at radius 2 is 2.14 bits per heavy atom. The van der Waals surface area contributed by atoms with Gasteiger partial charge in [-0.2, -0.15) is 5.26 Å². The van der Waals surface area contributed by atoms with E-state index in [0.717, 1.165) is 34.4 Å². The Hall–Kier alpha value is -1.91. The van der Waals surface area contributed by atoms with Gasteiger partial charge in [-0.1, -0.05) is 23.1 Å². The van der Waals surface area contributed by atoms with Crippen molar-refractivity contribution in [3.63, 3.8) is 0 Å². The summed E-state index contributed by atoms with van der Waals surface area (Å²) in [4.78, 5) is 14.5. The third-order valence-electron chi connectivity index (χ3n) is 3.45. The minimum absolute atomic E-state index is 0.105. The second kappa shape index (κ2) is 6.46. The largest absolute Gasteiger partial charge is 0.311 e. The lowest BCUT2D eigenvalue weighted by Gasteiger charge is -2.31. The van der Waals surface area contributed by atoms with E-state index < -0.39 is 0 Å². The van der Waals surface area contributed by atoms with Crippen LogP contribution in [0.3, 0.4) is 0 Å². The topological polar surface area (TPSA) is 69.9 Å². The number of nitriles is 1. The fraction of sp³-hybridized carbons (Fsp3) is 0.333. The van der Waals surface area contributed by atoms with Crippen LogP contribution in [-0.4, -0.2) is 27.9 Å². The van der Waals surface area contributed by atoms with Crippen LogP contribution in [0.15, 0.2) is 28.6 Å². The monoisotopic (exact) mass is 330 g/mol. The summed E-state index contributed by atoms with van der Waals surface area (Å²) in [6.45, 7) is 2.63. The zero-order valence-electron chi connectivity index (χ0n) is 12.0. The molecule has 1 amide bonds. The second-order valence-corrected chi connectivity index (χ2v) is 7.62. The molecule has 2 aromatic rings. The van der Waals surface area contributed by atoms with Crippen LogP contribution < -0.4 is 4.90 Å². The molecule has 5 nitrogen and oxygen atoms in total. The molecule has 1 aliphatic heterocycles. The van der Waals surface area contributed by atoms with E-state index in [1.807, 2.05) is 19.1 Å². The fourth-order valence-electron chi connectivity index (χ4n) is 2.37. The zero-order valence-corrected chi connectivity index (χ0v) is 13.7. The first kappa shape index (κ1) is 15.0. The van der Waals surface area contributed by atoms with Gasteiger partial charge in [-0.15, -0.1) is 10.2 Å². The van der Waals surface area contributed by atoms with Crippen molar-refractivity contribution in [2.24, 2.45) is 0 Å². The molecule has 0 aliphatic carbocycles. The molecular formula is C15H14N4OS2. The van der Waals surface area contributed by atoms with Crippen molar-refractivity contribution < 1.29 is 4.79 Å². The number of piperidine rings is 1. The van der Waals surface area contributed by atoms with Gasteiger partial charge in [0.1, 0.15) is 5.01 Å². The highest BCUT2D eigenvalue weighted by Gasteiger charge is 2.31. The molecule has 1 fully saturated rings. The molecule has 2 heterocycles. The van der Waals surface area contributed by atoms with E-state index in [0.29, 0.717) is 5.56 Å². The molecule has 1 atom stereocenters. The summed E-state index contributed by atoms with van der Waals surface area (Å²) in [6.07, 6.45) is 1.82. The number of amides is 1. The number of benzene rings is 1. The van der Waals surface area contributed by atoms with Crippen molar-refractivity contribution in [1.29, 1.82) is 5.26 Å². The summed E-state index contributed by atoms with van der Waals surface area (Å²) in [6, 6.07) is 9.24. The molecule has 0 radical (unpaired) electrons. The summed E-state index contributed by atoms with van der Waals surface area (Å²) in [7, 11) is 0. The predicted molar refractivity (Wildman–Crippen MR) is 87.0 cm³/mol. The predicted octanol–water partition coefficient (Wildman–Crippen LogP) is 3.01. The SMILES string of the molecule is Cc1nnc(S[C@@H]2CCCN(c3ccc(C#N)cc3)C2=O)s1. The Morgan fingerprint density at radius 1 is 1.36 bits per heavy atom. The molecule has 0 bridgehead atoms. The third kappa shape index (κ3) is 3.13. The highest BCUT2D eigenvalue weighted by Crippen LogP contribution is 2.33. The number of anilines is 1. The third-order valence-corrected chi connectivity index (χ3v) is 5.63. The van der Waals surface area contributed by atoms with Crippen molar-refractivity contribution in [2.45, 2.75) is 29.4 Å². The number of hydrogen-bond donors (Lipinski definition) is 0. The van der Waals surface area contributed by atoms with Gasteiger partial charge in [0.05, 0.1) is 16.9 Å². The van der Waals surface area contributed by atoms with Crippen LogP contribution in [0.1, 0.15) is 23.4 Å². The van der Waals surface area contributed by atoms with E-state index >= 15 is 0 Å². The minimum Gasteiger partial charge on any atom is -0.311 e. The van der Waals surface area contributed by atoms with Gasteiger partial charge in [-0.3, -0.25) is 4.79 Å². The molecule has 1 saturated heterocycles. The molecule has 0 unspecified atom stereocenters. The van der Waals surface area contributed by atoms with E-state index in [4.69, 9.17) is 5.26 Å². The van der Waals surface area contributed by atoms with Gasteiger partial charge in [0.25, 0.3) is 0 Å². The van der Waals surface area contributed by atoms with Crippen molar-refractivity contribution in [3.05, 3.63) is 34.8 Å². The molecule has 3 rings (SSSR count). The van der Waals surface area contributed by atoms with Crippen LogP contribution in [0, 0.1) is 18.3 Å². The quantitative estimate of drug-likeness (QED) is 0.865. The summed E-state index contributed by atoms with van der Waals surface area (Å²) in [5.74, 6) is 0.105. The highest BCUT2D eigenvalue weighted by molar-refractivity contribution is 8.02. The lowest BCUT2D eigenvalue weighted by atomic mass is 10.1. The first-order chi connectivity index (χ1) is 10.7. The van der Waals surface area contributed by atoms with Crippen LogP contribution in [0.4, 0.5) is 5.69 Å². The van der Waals surface area contributed by atoms with Crippen LogP contribution in [0.25, 0.3) is 0 Å². The van der Waals surface area contributed by atoms with E-state index in [2.05, 4.69) is 16.3 Å². The van der Waals surface area contributed by atoms with Crippen molar-refractivity contribution in [2.75, 3.05) is 11.4 Å². The number of carbonyl (C=O) groups excluding carboxylic acids is 1. The zero-order chi connectivity index (χ0) is 15.5. The number of carbonyl (C=O) groups is 1. The van der Waals surface area contributed by atoms with Gasteiger partial charge < -0.3 is 4.90 Å². The first-order valence-corrected chi connectivity index (χ1v) is 8.65. The van der Waals surface area contributed by atoms with E-state index in [1.165, 1.54) is 23.1 Å².